The van der Waals surface area contributed by atoms with Gasteiger partial charge in [-0.2, -0.15) is 0 Å². The Hall–Kier alpha value is -6.94. The summed E-state index contributed by atoms with van der Waals surface area (Å²) in [5.74, 6) is 2.27. The fourth-order valence-electron chi connectivity index (χ4n) is 9.57. The van der Waals surface area contributed by atoms with E-state index < -0.39 is 0 Å². The van der Waals surface area contributed by atoms with Crippen molar-refractivity contribution in [3.8, 4) is 23.0 Å². The summed E-state index contributed by atoms with van der Waals surface area (Å²) in [6.45, 7) is 6.88. The Balaban J connectivity index is 0.775. The minimum atomic E-state index is -0.141. The molecule has 11 heteroatoms. The van der Waals surface area contributed by atoms with Crippen LogP contribution in [0.5, 0.6) is 23.0 Å². The molecule has 4 heterocycles. The van der Waals surface area contributed by atoms with Crippen LogP contribution in [0.3, 0.4) is 0 Å². The number of anilines is 1. The van der Waals surface area contributed by atoms with E-state index in [9.17, 15) is 14.4 Å². The molecule has 4 aromatic carbocycles. The molecule has 2 atom stereocenters. The number of fused-ring (bicyclic) bond motifs is 4. The molecule has 0 spiro atoms. The number of unbranched alkanes of at least 4 members (excludes halogenated alkanes) is 2. The van der Waals surface area contributed by atoms with Gasteiger partial charge in [-0.15, -0.1) is 5.73 Å². The number of likely N-dealkylation sites (tertiary alicyclic amines) is 1. The number of ether oxygens (including phenoxy) is 4. The minimum absolute atomic E-state index is 0.0261. The number of carbonyl (C=O) groups excluding carboxylic acids is 3. The number of carbonyl (C=O) groups is 3. The lowest BCUT2D eigenvalue weighted by Gasteiger charge is -2.29. The summed E-state index contributed by atoms with van der Waals surface area (Å²) >= 11 is 0. The van der Waals surface area contributed by atoms with Gasteiger partial charge in [0, 0.05) is 36.0 Å². The van der Waals surface area contributed by atoms with Crippen molar-refractivity contribution in [3.05, 3.63) is 142 Å². The molecule has 1 N–H and O–H groups in total. The topological polar surface area (TPSA) is 119 Å². The number of hydrogen-bond donors (Lipinski definition) is 1. The highest BCUT2D eigenvalue weighted by Gasteiger charge is 2.32. The fraction of sp³-hybridized carbons (Fsp3) is 0.351. The van der Waals surface area contributed by atoms with Crippen LogP contribution in [0.2, 0.25) is 0 Å². The smallest absolute Gasteiger partial charge is 0.259 e. The maximum absolute atomic E-state index is 14.1. The highest BCUT2D eigenvalue weighted by Crippen LogP contribution is 2.42. The van der Waals surface area contributed by atoms with Gasteiger partial charge in [-0.05, 0) is 159 Å². The average Bonchev–Trinajstić information content (AvgIpc) is 3.96. The molecular formula is C57H60N4O7. The fourth-order valence-corrected chi connectivity index (χ4v) is 9.57. The zero-order valence-corrected chi connectivity index (χ0v) is 39.7. The van der Waals surface area contributed by atoms with Gasteiger partial charge in [0.2, 0.25) is 5.91 Å². The van der Waals surface area contributed by atoms with E-state index in [1.165, 1.54) is 18.4 Å². The Morgan fingerprint density at radius 3 is 2.15 bits per heavy atom. The Bertz CT molecular complexity index is 2770. The van der Waals surface area contributed by atoms with Gasteiger partial charge in [0.15, 0.2) is 28.8 Å². The first-order valence-corrected chi connectivity index (χ1v) is 23.9. The van der Waals surface area contributed by atoms with E-state index in [0.717, 1.165) is 77.9 Å². The van der Waals surface area contributed by atoms with Crippen LogP contribution in [-0.2, 0) is 4.79 Å². The molecule has 1 aliphatic carbocycles. The van der Waals surface area contributed by atoms with Crippen molar-refractivity contribution < 1.29 is 33.3 Å². The number of nitrogens with one attached hydrogen (secondary N) is 1. The van der Waals surface area contributed by atoms with Gasteiger partial charge in [0.1, 0.15) is 0 Å². The molecule has 4 aliphatic heterocycles. The standard InChI is InChI=1S/C57H60N4O7/c1-36(2)56(63)59-46-18-16-38(17-19-46)42-26-43-29-51(62)49-32-53(66-5)55(33-50(49)58-34-44(43)27-42)68-25-8-6-7-24-67-54-30-41-10-9-11-47-28-45(35-61(47)57(64)48(41)31-52(54)65-4)39-14-12-37(13-15-39)40-20-22-60(3)23-21-40/h10-19,26,29-36,40,44,47H,6-8,20-25,27-28H2,1-5H3,(H,59,63)/b43-29-,58-34?/t9?,44-,47+/m0/s1. The molecule has 1 fully saturated rings. The zero-order valence-electron chi connectivity index (χ0n) is 39.7. The quantitative estimate of drug-likeness (QED) is 0.0925. The van der Waals surface area contributed by atoms with Crippen LogP contribution in [0.15, 0.2) is 114 Å². The van der Waals surface area contributed by atoms with Crippen LogP contribution in [0.1, 0.15) is 108 Å². The molecule has 1 saturated heterocycles. The largest absolute Gasteiger partial charge is 0.493 e. The number of nitrogens with zero attached hydrogens (tertiary/aromatic N) is 3. The molecule has 68 heavy (non-hydrogen) atoms. The number of rotatable bonds is 15. The van der Waals surface area contributed by atoms with Crippen molar-refractivity contribution in [2.75, 3.05) is 52.9 Å². The summed E-state index contributed by atoms with van der Waals surface area (Å²) in [7, 11) is 5.35. The lowest BCUT2D eigenvalue weighted by molar-refractivity contribution is -0.118. The Kier molecular flexibility index (Phi) is 13.9. The third kappa shape index (κ3) is 10.1. The maximum Gasteiger partial charge on any atom is 0.259 e. The van der Waals surface area contributed by atoms with Crippen molar-refractivity contribution >= 4 is 52.4 Å². The normalized spacial score (nSPS) is 19.6. The van der Waals surface area contributed by atoms with Gasteiger partial charge < -0.3 is 34.1 Å². The van der Waals surface area contributed by atoms with Crippen LogP contribution in [0, 0.1) is 11.8 Å². The van der Waals surface area contributed by atoms with Crippen molar-refractivity contribution in [3.63, 3.8) is 0 Å². The van der Waals surface area contributed by atoms with E-state index in [1.807, 2.05) is 73.6 Å². The van der Waals surface area contributed by atoms with Gasteiger partial charge in [-0.1, -0.05) is 56.3 Å². The van der Waals surface area contributed by atoms with Gasteiger partial charge in [0.25, 0.3) is 5.91 Å². The van der Waals surface area contributed by atoms with E-state index in [4.69, 9.17) is 23.9 Å². The number of benzene rings is 4. The van der Waals surface area contributed by atoms with Crippen molar-refractivity contribution in [1.82, 2.24) is 9.80 Å². The van der Waals surface area contributed by atoms with Gasteiger partial charge in [0.05, 0.1) is 50.3 Å². The Labute approximate surface area is 399 Å². The number of amides is 2. The monoisotopic (exact) mass is 912 g/mol. The SMILES string of the molecule is COc1cc2c(cc1OCCCCCOc1cc3c(cc1OC)C(=O)/C=C1/C=C(c4ccc(NC(=O)C(C)C)cc4)C[C@H]1C=N3)C=C=C[C@@H]1CC(c3ccc(C4CCN(C)CC4)cc3)=CN1C2=O. The lowest BCUT2D eigenvalue weighted by atomic mass is 9.88. The second-order valence-electron chi connectivity index (χ2n) is 18.7. The van der Waals surface area contributed by atoms with Crippen LogP contribution < -0.4 is 24.3 Å². The summed E-state index contributed by atoms with van der Waals surface area (Å²) < 4.78 is 23.9. The predicted octanol–water partition coefficient (Wildman–Crippen LogP) is 11.1. The third-order valence-electron chi connectivity index (χ3n) is 13.7. The van der Waals surface area contributed by atoms with Crippen LogP contribution >= 0.6 is 0 Å². The summed E-state index contributed by atoms with van der Waals surface area (Å²) in [4.78, 5) is 48.9. The van der Waals surface area contributed by atoms with Crippen molar-refractivity contribution in [1.29, 1.82) is 0 Å². The predicted molar refractivity (Wildman–Crippen MR) is 268 cm³/mol. The molecule has 0 unspecified atom stereocenters. The van der Waals surface area contributed by atoms with E-state index in [-0.39, 0.29) is 35.5 Å². The molecule has 0 bridgehead atoms. The second-order valence-corrected chi connectivity index (χ2v) is 18.7. The molecule has 2 amide bonds. The number of hydrogen-bond acceptors (Lipinski definition) is 9. The number of piperidine rings is 1. The maximum atomic E-state index is 14.1. The highest BCUT2D eigenvalue weighted by molar-refractivity contribution is 6.11. The van der Waals surface area contributed by atoms with E-state index >= 15 is 0 Å². The van der Waals surface area contributed by atoms with E-state index in [1.54, 1.807) is 38.5 Å². The van der Waals surface area contributed by atoms with Crippen LogP contribution in [-0.4, -0.2) is 87.2 Å². The molecular weight excluding hydrogens is 853 g/mol. The first-order valence-electron chi connectivity index (χ1n) is 23.9. The number of methoxy groups -OCH3 is 2. The van der Waals surface area contributed by atoms with E-state index in [2.05, 4.69) is 53.3 Å². The highest BCUT2D eigenvalue weighted by atomic mass is 16.5. The van der Waals surface area contributed by atoms with Gasteiger partial charge >= 0.3 is 0 Å². The van der Waals surface area contributed by atoms with Crippen LogP contribution in [0.25, 0.3) is 17.2 Å². The molecule has 350 valence electrons. The summed E-state index contributed by atoms with van der Waals surface area (Å²) in [5.41, 5.74) is 13.1. The molecule has 5 aliphatic rings. The summed E-state index contributed by atoms with van der Waals surface area (Å²) in [5, 5.41) is 2.94. The number of aliphatic imine (C=N–C) groups is 1. The van der Waals surface area contributed by atoms with Crippen LogP contribution in [0.4, 0.5) is 11.4 Å². The number of ketones is 1. The summed E-state index contributed by atoms with van der Waals surface area (Å²) in [6.07, 6.45) is 17.7. The Morgan fingerprint density at radius 2 is 1.46 bits per heavy atom. The molecule has 9 rings (SSSR count). The molecule has 0 radical (unpaired) electrons. The van der Waals surface area contributed by atoms with Crippen molar-refractivity contribution in [2.45, 2.75) is 70.8 Å². The van der Waals surface area contributed by atoms with E-state index in [0.29, 0.717) is 65.4 Å². The second kappa shape index (κ2) is 20.5. The third-order valence-corrected chi connectivity index (χ3v) is 13.7. The first kappa shape index (κ1) is 46.2. The molecule has 0 aromatic heterocycles. The molecule has 11 nitrogen and oxygen atoms in total. The molecule has 0 saturated carbocycles. The Morgan fingerprint density at radius 1 is 0.794 bits per heavy atom. The first-order chi connectivity index (χ1) is 33.0. The van der Waals surface area contributed by atoms with Gasteiger partial charge in [-0.3, -0.25) is 19.4 Å². The zero-order chi connectivity index (χ0) is 47.3. The minimum Gasteiger partial charge on any atom is -0.493 e. The van der Waals surface area contributed by atoms with Crippen molar-refractivity contribution in [2.24, 2.45) is 16.8 Å². The average molecular weight is 913 g/mol. The molecule has 4 aromatic rings. The number of allylic oxidation sites excluding steroid dienone is 4. The summed E-state index contributed by atoms with van der Waals surface area (Å²) in [6, 6.07) is 23.8. The van der Waals surface area contributed by atoms with Gasteiger partial charge in [-0.25, -0.2) is 0 Å². The lowest BCUT2D eigenvalue weighted by Crippen LogP contribution is -2.32.